The highest BCUT2D eigenvalue weighted by atomic mass is 79.9. The Bertz CT molecular complexity index is 449. The highest BCUT2D eigenvalue weighted by Crippen LogP contribution is 2.25. The van der Waals surface area contributed by atoms with Gasteiger partial charge in [-0.3, -0.25) is 4.79 Å². The molecule has 2 rings (SSSR count). The summed E-state index contributed by atoms with van der Waals surface area (Å²) in [7, 11) is 0. The lowest BCUT2D eigenvalue weighted by atomic mass is 10.0. The van der Waals surface area contributed by atoms with E-state index in [0.717, 1.165) is 32.4 Å². The standard InChI is InChI=1S/C14H17BrFNO/c1-2-4-10-7-8-17(9-10)14(18)11-5-3-6-12(15)13(11)16/h3,5-6,10H,2,4,7-9H2,1H3. The van der Waals surface area contributed by atoms with E-state index in [-0.39, 0.29) is 11.5 Å². The van der Waals surface area contributed by atoms with Crippen molar-refractivity contribution < 1.29 is 9.18 Å². The fourth-order valence-electron chi connectivity index (χ4n) is 2.50. The summed E-state index contributed by atoms with van der Waals surface area (Å²) in [4.78, 5) is 14.0. The Morgan fingerprint density at radius 1 is 1.56 bits per heavy atom. The Morgan fingerprint density at radius 3 is 3.06 bits per heavy atom. The minimum absolute atomic E-state index is 0.168. The van der Waals surface area contributed by atoms with E-state index >= 15 is 0 Å². The lowest BCUT2D eigenvalue weighted by Gasteiger charge is -2.17. The van der Waals surface area contributed by atoms with Crippen LogP contribution >= 0.6 is 15.9 Å². The molecule has 0 radical (unpaired) electrons. The summed E-state index contributed by atoms with van der Waals surface area (Å²) in [5, 5.41) is 0. The van der Waals surface area contributed by atoms with Crippen LogP contribution in [-0.4, -0.2) is 23.9 Å². The molecule has 1 heterocycles. The zero-order valence-corrected chi connectivity index (χ0v) is 12.0. The first-order valence-corrected chi connectivity index (χ1v) is 7.16. The van der Waals surface area contributed by atoms with Gasteiger partial charge >= 0.3 is 0 Å². The predicted octanol–water partition coefficient (Wildman–Crippen LogP) is 3.85. The molecule has 1 atom stereocenters. The number of benzene rings is 1. The average Bonchev–Trinajstić information content (AvgIpc) is 2.81. The molecule has 1 amide bonds. The molecule has 0 N–H and O–H groups in total. The van der Waals surface area contributed by atoms with E-state index in [9.17, 15) is 9.18 Å². The number of amides is 1. The van der Waals surface area contributed by atoms with Crippen LogP contribution in [0.4, 0.5) is 4.39 Å². The van der Waals surface area contributed by atoms with Crippen LogP contribution < -0.4 is 0 Å². The molecule has 18 heavy (non-hydrogen) atoms. The zero-order valence-electron chi connectivity index (χ0n) is 10.5. The van der Waals surface area contributed by atoms with Gasteiger partial charge in [-0.05, 0) is 46.8 Å². The van der Waals surface area contributed by atoms with E-state index < -0.39 is 5.82 Å². The predicted molar refractivity (Wildman–Crippen MR) is 73.0 cm³/mol. The highest BCUT2D eigenvalue weighted by Gasteiger charge is 2.28. The SMILES string of the molecule is CCCC1CCN(C(=O)c2cccc(Br)c2F)C1. The Morgan fingerprint density at radius 2 is 2.33 bits per heavy atom. The van der Waals surface area contributed by atoms with Crippen LogP contribution in [-0.2, 0) is 0 Å². The van der Waals surface area contributed by atoms with Gasteiger partial charge in [-0.2, -0.15) is 0 Å². The van der Waals surface area contributed by atoms with Crippen LogP contribution in [0.3, 0.4) is 0 Å². The molecule has 98 valence electrons. The lowest BCUT2D eigenvalue weighted by Crippen LogP contribution is -2.29. The molecule has 0 aliphatic carbocycles. The van der Waals surface area contributed by atoms with Crippen LogP contribution in [0.25, 0.3) is 0 Å². The van der Waals surface area contributed by atoms with Gasteiger partial charge in [-0.25, -0.2) is 4.39 Å². The number of likely N-dealkylation sites (tertiary alicyclic amines) is 1. The van der Waals surface area contributed by atoms with Crippen LogP contribution in [0.1, 0.15) is 36.5 Å². The number of carbonyl (C=O) groups excluding carboxylic acids is 1. The summed E-state index contributed by atoms with van der Waals surface area (Å²) < 4.78 is 14.2. The molecule has 1 unspecified atom stereocenters. The molecule has 0 bridgehead atoms. The van der Waals surface area contributed by atoms with Crippen molar-refractivity contribution in [3.05, 3.63) is 34.1 Å². The Balaban J connectivity index is 2.11. The first kappa shape index (κ1) is 13.5. The van der Waals surface area contributed by atoms with Crippen LogP contribution in [0.15, 0.2) is 22.7 Å². The summed E-state index contributed by atoms with van der Waals surface area (Å²) in [6.45, 7) is 3.66. The molecule has 1 aromatic carbocycles. The fourth-order valence-corrected chi connectivity index (χ4v) is 2.87. The average molecular weight is 314 g/mol. The number of hydrogen-bond donors (Lipinski definition) is 0. The van der Waals surface area contributed by atoms with Gasteiger partial charge in [0.05, 0.1) is 10.0 Å². The van der Waals surface area contributed by atoms with Crippen LogP contribution in [0.5, 0.6) is 0 Å². The summed E-state index contributed by atoms with van der Waals surface area (Å²) in [6, 6.07) is 4.85. The van der Waals surface area contributed by atoms with Gasteiger partial charge in [-0.1, -0.05) is 19.4 Å². The van der Waals surface area contributed by atoms with Gasteiger partial charge in [0.15, 0.2) is 0 Å². The number of rotatable bonds is 3. The highest BCUT2D eigenvalue weighted by molar-refractivity contribution is 9.10. The second-order valence-corrected chi connectivity index (χ2v) is 5.65. The number of carbonyl (C=O) groups is 1. The van der Waals surface area contributed by atoms with E-state index in [1.165, 1.54) is 0 Å². The number of halogens is 2. The van der Waals surface area contributed by atoms with Crippen molar-refractivity contribution in [2.45, 2.75) is 26.2 Å². The largest absolute Gasteiger partial charge is 0.338 e. The second-order valence-electron chi connectivity index (χ2n) is 4.80. The van der Waals surface area contributed by atoms with E-state index in [2.05, 4.69) is 22.9 Å². The molecule has 0 saturated carbocycles. The van der Waals surface area contributed by atoms with Crippen molar-refractivity contribution in [2.75, 3.05) is 13.1 Å². The third kappa shape index (κ3) is 2.74. The van der Waals surface area contributed by atoms with Gasteiger partial charge in [0.25, 0.3) is 5.91 Å². The number of hydrogen-bond acceptors (Lipinski definition) is 1. The van der Waals surface area contributed by atoms with Crippen molar-refractivity contribution >= 4 is 21.8 Å². The molecule has 1 aliphatic rings. The topological polar surface area (TPSA) is 20.3 Å². The Kier molecular flexibility index (Phi) is 4.38. The molecule has 2 nitrogen and oxygen atoms in total. The van der Waals surface area contributed by atoms with Gasteiger partial charge in [0.2, 0.25) is 0 Å². The maximum atomic E-state index is 13.9. The normalized spacial score (nSPS) is 19.3. The molecular formula is C14H17BrFNO. The minimum Gasteiger partial charge on any atom is -0.338 e. The summed E-state index contributed by atoms with van der Waals surface area (Å²) in [5.74, 6) is -0.0667. The molecule has 1 saturated heterocycles. The molecule has 0 aromatic heterocycles. The first-order chi connectivity index (χ1) is 8.63. The van der Waals surface area contributed by atoms with E-state index in [1.807, 2.05) is 0 Å². The van der Waals surface area contributed by atoms with Crippen molar-refractivity contribution in [1.82, 2.24) is 4.90 Å². The number of nitrogens with zero attached hydrogens (tertiary/aromatic N) is 1. The minimum atomic E-state index is -0.457. The van der Waals surface area contributed by atoms with Gasteiger partial charge in [0.1, 0.15) is 5.82 Å². The zero-order chi connectivity index (χ0) is 13.1. The van der Waals surface area contributed by atoms with Gasteiger partial charge < -0.3 is 4.90 Å². The molecule has 1 aromatic rings. The quantitative estimate of drug-likeness (QED) is 0.830. The monoisotopic (exact) mass is 313 g/mol. The smallest absolute Gasteiger partial charge is 0.256 e. The van der Waals surface area contributed by atoms with Crippen LogP contribution in [0, 0.1) is 11.7 Å². The summed E-state index contributed by atoms with van der Waals surface area (Å²) in [6.07, 6.45) is 3.32. The lowest BCUT2D eigenvalue weighted by molar-refractivity contribution is 0.0781. The van der Waals surface area contributed by atoms with Crippen LogP contribution in [0.2, 0.25) is 0 Å². The van der Waals surface area contributed by atoms with E-state index in [4.69, 9.17) is 0 Å². The summed E-state index contributed by atoms with van der Waals surface area (Å²) >= 11 is 3.11. The second kappa shape index (κ2) is 5.83. The van der Waals surface area contributed by atoms with Crippen molar-refractivity contribution in [3.63, 3.8) is 0 Å². The van der Waals surface area contributed by atoms with Gasteiger partial charge in [0, 0.05) is 13.1 Å². The molecule has 1 aliphatic heterocycles. The van der Waals surface area contributed by atoms with Gasteiger partial charge in [-0.15, -0.1) is 0 Å². The third-order valence-corrected chi connectivity index (χ3v) is 4.06. The molecular weight excluding hydrogens is 297 g/mol. The maximum absolute atomic E-state index is 13.9. The molecule has 1 fully saturated rings. The van der Waals surface area contributed by atoms with Crippen molar-refractivity contribution in [2.24, 2.45) is 5.92 Å². The Labute approximate surface area is 115 Å². The first-order valence-electron chi connectivity index (χ1n) is 6.36. The Hall–Kier alpha value is -0.900. The summed E-state index contributed by atoms with van der Waals surface area (Å²) in [5.41, 5.74) is 0.168. The maximum Gasteiger partial charge on any atom is 0.256 e. The molecule has 0 spiro atoms. The molecule has 4 heteroatoms. The van der Waals surface area contributed by atoms with Crippen molar-refractivity contribution in [1.29, 1.82) is 0 Å². The van der Waals surface area contributed by atoms with E-state index in [0.29, 0.717) is 10.4 Å². The van der Waals surface area contributed by atoms with E-state index in [1.54, 1.807) is 23.1 Å². The fraction of sp³-hybridized carbons (Fsp3) is 0.500. The van der Waals surface area contributed by atoms with Crippen molar-refractivity contribution in [3.8, 4) is 0 Å². The third-order valence-electron chi connectivity index (χ3n) is 3.45.